The van der Waals surface area contributed by atoms with Crippen molar-refractivity contribution in [2.75, 3.05) is 0 Å². The van der Waals surface area contributed by atoms with Gasteiger partial charge in [0.05, 0.1) is 6.10 Å². The Kier molecular flexibility index (Phi) is 4.21. The van der Waals surface area contributed by atoms with Crippen molar-refractivity contribution in [3.63, 3.8) is 0 Å². The van der Waals surface area contributed by atoms with Gasteiger partial charge in [0, 0.05) is 5.41 Å². The van der Waals surface area contributed by atoms with Crippen LogP contribution in [0.3, 0.4) is 0 Å². The standard InChI is InChI=1S/C26H32O2/c1-25-12-10-20(27)16-19(25)8-9-21-22(25)11-13-26(2)23(21)15-18(24(26)28)14-17-6-4-3-5-7-17/h3-8,14,20-23,27H,9-13,15-16H2,1-2H3/b18-14+/t20-,21+,22-,23+,25-,26-/m0/s1. The van der Waals surface area contributed by atoms with E-state index < -0.39 is 0 Å². The zero-order valence-electron chi connectivity index (χ0n) is 17.2. The Balaban J connectivity index is 1.48. The number of carbonyl (C=O) groups is 1. The van der Waals surface area contributed by atoms with Gasteiger partial charge in [-0.1, -0.05) is 55.8 Å². The molecule has 1 aromatic rings. The first-order valence-electron chi connectivity index (χ1n) is 11.1. The third kappa shape index (κ3) is 2.60. The molecule has 0 radical (unpaired) electrons. The van der Waals surface area contributed by atoms with E-state index in [1.807, 2.05) is 18.2 Å². The van der Waals surface area contributed by atoms with Crippen molar-refractivity contribution >= 4 is 11.9 Å². The topological polar surface area (TPSA) is 37.3 Å². The summed E-state index contributed by atoms with van der Waals surface area (Å²) in [4.78, 5) is 13.4. The quantitative estimate of drug-likeness (QED) is 0.514. The van der Waals surface area contributed by atoms with E-state index in [1.165, 1.54) is 5.57 Å². The maximum Gasteiger partial charge on any atom is 0.165 e. The highest BCUT2D eigenvalue weighted by atomic mass is 16.3. The molecule has 5 rings (SSSR count). The van der Waals surface area contributed by atoms with E-state index in [-0.39, 0.29) is 16.9 Å². The molecule has 0 amide bonds. The zero-order chi connectivity index (χ0) is 19.5. The number of aliphatic hydroxyl groups is 1. The average molecular weight is 377 g/mol. The van der Waals surface area contributed by atoms with Gasteiger partial charge >= 0.3 is 0 Å². The van der Waals surface area contributed by atoms with Crippen LogP contribution in [-0.4, -0.2) is 17.0 Å². The highest BCUT2D eigenvalue weighted by Gasteiger charge is 2.59. The SMILES string of the molecule is C[C@]12CC[C@H](O)CC1=CC[C@H]1[C@H]3C/C(=C\c4ccccc4)C(=O)[C@@]3(C)CC[C@@H]12. The van der Waals surface area contributed by atoms with E-state index in [2.05, 4.69) is 38.1 Å². The van der Waals surface area contributed by atoms with Gasteiger partial charge in [0.25, 0.3) is 0 Å². The average Bonchev–Trinajstić information content (AvgIpc) is 2.94. The van der Waals surface area contributed by atoms with Gasteiger partial charge in [-0.15, -0.1) is 0 Å². The summed E-state index contributed by atoms with van der Waals surface area (Å²) in [6.07, 6.45) is 11.5. The number of hydrogen-bond donors (Lipinski definition) is 1. The molecule has 148 valence electrons. The van der Waals surface area contributed by atoms with Gasteiger partial charge in [0.2, 0.25) is 0 Å². The fourth-order valence-corrected chi connectivity index (χ4v) is 7.19. The molecule has 1 N–H and O–H groups in total. The van der Waals surface area contributed by atoms with Gasteiger partial charge in [-0.05, 0) is 85.3 Å². The molecule has 0 spiro atoms. The second-order valence-electron chi connectivity index (χ2n) is 10.2. The summed E-state index contributed by atoms with van der Waals surface area (Å²) in [6, 6.07) is 10.3. The Bertz CT molecular complexity index is 850. The predicted molar refractivity (Wildman–Crippen MR) is 113 cm³/mol. The van der Waals surface area contributed by atoms with Crippen LogP contribution in [0.15, 0.2) is 47.6 Å². The molecule has 0 heterocycles. The first kappa shape index (κ1) is 18.4. The molecule has 2 heteroatoms. The molecule has 4 aliphatic carbocycles. The molecule has 0 unspecified atom stereocenters. The summed E-state index contributed by atoms with van der Waals surface area (Å²) in [5.74, 6) is 2.14. The first-order chi connectivity index (χ1) is 13.4. The van der Waals surface area contributed by atoms with Gasteiger partial charge < -0.3 is 5.11 Å². The van der Waals surface area contributed by atoms with Gasteiger partial charge in [0.15, 0.2) is 5.78 Å². The van der Waals surface area contributed by atoms with Crippen molar-refractivity contribution in [3.8, 4) is 0 Å². The lowest BCUT2D eigenvalue weighted by Crippen LogP contribution is -2.50. The lowest BCUT2D eigenvalue weighted by atomic mass is 9.48. The third-order valence-electron chi connectivity index (χ3n) is 8.86. The Hall–Kier alpha value is -1.67. The number of aliphatic hydroxyl groups excluding tert-OH is 1. The Morgan fingerprint density at radius 2 is 1.75 bits per heavy atom. The molecule has 28 heavy (non-hydrogen) atoms. The highest BCUT2D eigenvalue weighted by Crippen LogP contribution is 2.64. The van der Waals surface area contributed by atoms with Crippen LogP contribution in [0.25, 0.3) is 6.08 Å². The normalized spacial score (nSPS) is 43.9. The predicted octanol–water partition coefficient (Wildman–Crippen LogP) is 5.57. The summed E-state index contributed by atoms with van der Waals surface area (Å²) in [5, 5.41) is 10.2. The van der Waals surface area contributed by atoms with E-state index >= 15 is 0 Å². The van der Waals surface area contributed by atoms with Crippen molar-refractivity contribution in [3.05, 3.63) is 53.1 Å². The lowest BCUT2D eigenvalue weighted by molar-refractivity contribution is -0.130. The molecular formula is C26H32O2. The maximum absolute atomic E-state index is 13.4. The molecule has 0 aliphatic heterocycles. The van der Waals surface area contributed by atoms with Crippen LogP contribution in [-0.2, 0) is 4.79 Å². The molecule has 4 aliphatic rings. The van der Waals surface area contributed by atoms with Crippen LogP contribution in [0.4, 0.5) is 0 Å². The van der Waals surface area contributed by atoms with E-state index in [0.29, 0.717) is 23.5 Å². The van der Waals surface area contributed by atoms with Crippen molar-refractivity contribution in [2.24, 2.45) is 28.6 Å². The fourth-order valence-electron chi connectivity index (χ4n) is 7.19. The van der Waals surface area contributed by atoms with E-state index in [0.717, 1.165) is 56.1 Å². The van der Waals surface area contributed by atoms with Gasteiger partial charge in [-0.25, -0.2) is 0 Å². The number of ketones is 1. The summed E-state index contributed by atoms with van der Waals surface area (Å²) in [7, 11) is 0. The minimum Gasteiger partial charge on any atom is -0.393 e. The summed E-state index contributed by atoms with van der Waals surface area (Å²) < 4.78 is 0. The van der Waals surface area contributed by atoms with Crippen LogP contribution in [0.1, 0.15) is 64.4 Å². The second kappa shape index (κ2) is 6.42. The Morgan fingerprint density at radius 3 is 2.54 bits per heavy atom. The number of hydrogen-bond acceptors (Lipinski definition) is 2. The lowest BCUT2D eigenvalue weighted by Gasteiger charge is -2.56. The van der Waals surface area contributed by atoms with Crippen LogP contribution < -0.4 is 0 Å². The molecule has 2 nitrogen and oxygen atoms in total. The van der Waals surface area contributed by atoms with Crippen molar-refractivity contribution in [1.82, 2.24) is 0 Å². The van der Waals surface area contributed by atoms with Crippen LogP contribution in [0.2, 0.25) is 0 Å². The van der Waals surface area contributed by atoms with Gasteiger partial charge in [-0.2, -0.15) is 0 Å². The van der Waals surface area contributed by atoms with Crippen LogP contribution >= 0.6 is 0 Å². The van der Waals surface area contributed by atoms with Gasteiger partial charge in [-0.3, -0.25) is 4.79 Å². The Labute approximate surface area is 168 Å². The summed E-state index contributed by atoms with van der Waals surface area (Å²) >= 11 is 0. The van der Waals surface area contributed by atoms with Crippen molar-refractivity contribution in [2.45, 2.75) is 64.9 Å². The van der Waals surface area contributed by atoms with Crippen molar-refractivity contribution in [1.29, 1.82) is 0 Å². The van der Waals surface area contributed by atoms with Crippen LogP contribution in [0.5, 0.6) is 0 Å². The first-order valence-corrected chi connectivity index (χ1v) is 11.1. The molecule has 6 atom stereocenters. The molecule has 0 bridgehead atoms. The largest absolute Gasteiger partial charge is 0.393 e. The van der Waals surface area contributed by atoms with Crippen molar-refractivity contribution < 1.29 is 9.90 Å². The van der Waals surface area contributed by atoms with Crippen LogP contribution in [0, 0.1) is 28.6 Å². The molecule has 3 fully saturated rings. The number of rotatable bonds is 1. The highest BCUT2D eigenvalue weighted by molar-refractivity contribution is 6.05. The maximum atomic E-state index is 13.4. The molecule has 3 saturated carbocycles. The second-order valence-corrected chi connectivity index (χ2v) is 10.2. The van der Waals surface area contributed by atoms with E-state index in [4.69, 9.17) is 0 Å². The van der Waals surface area contributed by atoms with Gasteiger partial charge in [0.1, 0.15) is 0 Å². The number of benzene rings is 1. The zero-order valence-corrected chi connectivity index (χ0v) is 17.2. The fraction of sp³-hybridized carbons (Fsp3) is 0.577. The number of Topliss-reactive ketones (excluding diaryl/α,β-unsaturated/α-hetero) is 1. The number of fused-ring (bicyclic) bond motifs is 5. The molecule has 0 saturated heterocycles. The Morgan fingerprint density at radius 1 is 1.00 bits per heavy atom. The summed E-state index contributed by atoms with van der Waals surface area (Å²) in [6.45, 7) is 4.69. The number of allylic oxidation sites excluding steroid dienone is 2. The monoisotopic (exact) mass is 376 g/mol. The molecule has 0 aromatic heterocycles. The number of carbonyl (C=O) groups excluding carboxylic acids is 1. The van der Waals surface area contributed by atoms with E-state index in [1.54, 1.807) is 0 Å². The minimum atomic E-state index is -0.183. The molecule has 1 aromatic carbocycles. The minimum absolute atomic E-state index is 0.154. The molecular weight excluding hydrogens is 344 g/mol. The summed E-state index contributed by atoms with van der Waals surface area (Å²) in [5.41, 5.74) is 3.73. The third-order valence-corrected chi connectivity index (χ3v) is 8.86. The smallest absolute Gasteiger partial charge is 0.165 e. The van der Waals surface area contributed by atoms with E-state index in [9.17, 15) is 9.90 Å².